The Morgan fingerprint density at radius 3 is 2.35 bits per heavy atom. The number of carboxylic acids is 2. The molecule has 1 amide bonds. The van der Waals surface area contributed by atoms with Crippen molar-refractivity contribution >= 4 is 30.5 Å². The molecule has 0 fully saturated rings. The third-order valence-electron chi connectivity index (χ3n) is 4.76. The van der Waals surface area contributed by atoms with Crippen molar-refractivity contribution in [2.24, 2.45) is 5.92 Å². The number of aromatic carboxylic acids is 1. The van der Waals surface area contributed by atoms with Crippen molar-refractivity contribution in [1.29, 1.82) is 0 Å². The molecule has 8 nitrogen and oxygen atoms in total. The van der Waals surface area contributed by atoms with Crippen LogP contribution in [0.15, 0.2) is 48.5 Å². The van der Waals surface area contributed by atoms with Crippen molar-refractivity contribution in [3.8, 4) is 5.75 Å². The molecular weight excluding hydrogens is 422 g/mol. The molecule has 31 heavy (non-hydrogen) atoms. The highest BCUT2D eigenvalue weighted by atomic mass is 32.1. The maximum atomic E-state index is 11.8. The molecule has 2 aromatic rings. The summed E-state index contributed by atoms with van der Waals surface area (Å²) in [5.74, 6) is -3.36. The predicted molar refractivity (Wildman–Crippen MR) is 115 cm³/mol. The number of rotatable bonds is 12. The minimum Gasteiger partial charge on any atom is -0.489 e. The van der Waals surface area contributed by atoms with Crippen LogP contribution in [0, 0.1) is 5.92 Å². The van der Waals surface area contributed by atoms with E-state index in [1.54, 1.807) is 6.07 Å². The first-order chi connectivity index (χ1) is 14.8. The van der Waals surface area contributed by atoms with Gasteiger partial charge >= 0.3 is 11.9 Å². The van der Waals surface area contributed by atoms with Gasteiger partial charge in [-0.05, 0) is 42.2 Å². The highest BCUT2D eigenvalue weighted by molar-refractivity contribution is 7.80. The molecule has 0 aromatic heterocycles. The first-order valence-electron chi connectivity index (χ1n) is 9.70. The molecule has 0 aliphatic carbocycles. The maximum absolute atomic E-state index is 11.8. The molecule has 166 valence electrons. The molecule has 2 unspecified atom stereocenters. The smallest absolute Gasteiger partial charge is 0.335 e. The number of hydrogen-bond acceptors (Lipinski definition) is 6. The van der Waals surface area contributed by atoms with Gasteiger partial charge in [-0.3, -0.25) is 14.8 Å². The summed E-state index contributed by atoms with van der Waals surface area (Å²) in [4.78, 5) is 34.4. The second-order valence-corrected chi connectivity index (χ2v) is 7.60. The monoisotopic (exact) mass is 447 g/mol. The molecule has 0 saturated heterocycles. The SMILES string of the molecule is O=C(CCCCC(C(=O)O)C(S)c1cc(OCc2ccccc2)cc(C(=O)O)c1)NO. The number of nitrogens with one attached hydrogen (secondary N) is 1. The Bertz CT molecular complexity index is 904. The molecule has 4 N–H and O–H groups in total. The van der Waals surface area contributed by atoms with Crippen LogP contribution in [0.1, 0.15) is 52.4 Å². The Morgan fingerprint density at radius 2 is 1.74 bits per heavy atom. The number of carbonyl (C=O) groups excluding carboxylic acids is 1. The predicted octanol–water partition coefficient (Wildman–Crippen LogP) is 3.70. The highest BCUT2D eigenvalue weighted by Crippen LogP contribution is 2.35. The summed E-state index contributed by atoms with van der Waals surface area (Å²) in [5, 5.41) is 26.8. The maximum Gasteiger partial charge on any atom is 0.335 e. The Balaban J connectivity index is 2.16. The Hall–Kier alpha value is -3.04. The fraction of sp³-hybridized carbons (Fsp3) is 0.318. The van der Waals surface area contributed by atoms with Gasteiger partial charge in [0.25, 0.3) is 0 Å². The topological polar surface area (TPSA) is 133 Å². The second-order valence-electron chi connectivity index (χ2n) is 7.04. The van der Waals surface area contributed by atoms with E-state index >= 15 is 0 Å². The van der Waals surface area contributed by atoms with E-state index in [1.165, 1.54) is 17.6 Å². The number of carbonyl (C=O) groups is 3. The molecule has 0 saturated carbocycles. The van der Waals surface area contributed by atoms with E-state index in [2.05, 4.69) is 12.6 Å². The summed E-state index contributed by atoms with van der Waals surface area (Å²) >= 11 is 4.47. The molecule has 0 heterocycles. The number of aliphatic carboxylic acids is 1. The Labute approximate surface area is 185 Å². The van der Waals surface area contributed by atoms with Crippen molar-refractivity contribution in [2.75, 3.05) is 0 Å². The quantitative estimate of drug-likeness (QED) is 0.145. The third-order valence-corrected chi connectivity index (χ3v) is 5.42. The average molecular weight is 448 g/mol. The molecule has 0 aliphatic heterocycles. The van der Waals surface area contributed by atoms with Gasteiger partial charge in [0.05, 0.1) is 11.5 Å². The largest absolute Gasteiger partial charge is 0.489 e. The van der Waals surface area contributed by atoms with Gasteiger partial charge < -0.3 is 14.9 Å². The molecule has 0 aliphatic rings. The molecule has 2 aromatic carbocycles. The standard InChI is InChI=1S/C22H25NO7S/c24-19(23-29)9-5-4-8-18(22(27)28)20(31)15-10-16(21(25)26)12-17(11-15)30-13-14-6-2-1-3-7-14/h1-3,6-7,10-12,18,20,29,31H,4-5,8-9,13H2,(H,23,24)(H,25,26)(H,27,28). The van der Waals surface area contributed by atoms with Crippen LogP contribution in [0.25, 0.3) is 0 Å². The van der Waals surface area contributed by atoms with Gasteiger partial charge in [-0.2, -0.15) is 12.6 Å². The zero-order valence-corrected chi connectivity index (χ0v) is 17.6. The van der Waals surface area contributed by atoms with Crippen molar-refractivity contribution in [1.82, 2.24) is 5.48 Å². The van der Waals surface area contributed by atoms with Crippen LogP contribution in [-0.2, 0) is 16.2 Å². The van der Waals surface area contributed by atoms with E-state index in [4.69, 9.17) is 9.94 Å². The van der Waals surface area contributed by atoms with Gasteiger partial charge in [0.1, 0.15) is 12.4 Å². The van der Waals surface area contributed by atoms with Crippen LogP contribution in [0.2, 0.25) is 0 Å². The highest BCUT2D eigenvalue weighted by Gasteiger charge is 2.27. The van der Waals surface area contributed by atoms with Gasteiger partial charge in [0.15, 0.2) is 0 Å². The van der Waals surface area contributed by atoms with Crippen LogP contribution in [0.4, 0.5) is 0 Å². The van der Waals surface area contributed by atoms with Crippen molar-refractivity contribution in [3.05, 3.63) is 65.2 Å². The Morgan fingerprint density at radius 1 is 1.03 bits per heavy atom. The second kappa shape index (κ2) is 12.0. The lowest BCUT2D eigenvalue weighted by atomic mass is 9.92. The number of benzene rings is 2. The molecule has 9 heteroatoms. The normalized spacial score (nSPS) is 12.6. The van der Waals surface area contributed by atoms with Crippen molar-refractivity contribution in [2.45, 2.75) is 37.5 Å². The lowest BCUT2D eigenvalue weighted by Gasteiger charge is -2.21. The summed E-state index contributed by atoms with van der Waals surface area (Å²) in [6, 6.07) is 13.7. The number of thiol groups is 1. The summed E-state index contributed by atoms with van der Waals surface area (Å²) in [5.41, 5.74) is 2.83. The average Bonchev–Trinajstić information content (AvgIpc) is 2.77. The van der Waals surface area contributed by atoms with Gasteiger partial charge in [-0.1, -0.05) is 36.8 Å². The van der Waals surface area contributed by atoms with Gasteiger partial charge in [0, 0.05) is 11.7 Å². The van der Waals surface area contributed by atoms with Crippen LogP contribution in [-0.4, -0.2) is 33.3 Å². The van der Waals surface area contributed by atoms with E-state index in [0.717, 1.165) is 5.56 Å². The molecule has 0 spiro atoms. The lowest BCUT2D eigenvalue weighted by molar-refractivity contribution is -0.142. The summed E-state index contributed by atoms with van der Waals surface area (Å²) in [6.07, 6.45) is 1.14. The lowest BCUT2D eigenvalue weighted by Crippen LogP contribution is -2.20. The molecule has 0 bridgehead atoms. The number of carboxylic acid groups (broad SMARTS) is 2. The van der Waals surface area contributed by atoms with E-state index in [0.29, 0.717) is 24.2 Å². The first-order valence-corrected chi connectivity index (χ1v) is 10.2. The first kappa shape index (κ1) is 24.2. The summed E-state index contributed by atoms with van der Waals surface area (Å²) in [6.45, 7) is 0.232. The number of amides is 1. The van der Waals surface area contributed by atoms with Gasteiger partial charge in [-0.25, -0.2) is 10.3 Å². The molecule has 2 atom stereocenters. The zero-order valence-electron chi connectivity index (χ0n) is 16.7. The van der Waals surface area contributed by atoms with Crippen LogP contribution in [0.5, 0.6) is 5.75 Å². The van der Waals surface area contributed by atoms with Crippen molar-refractivity contribution in [3.63, 3.8) is 0 Å². The van der Waals surface area contributed by atoms with E-state index in [1.807, 2.05) is 30.3 Å². The summed E-state index contributed by atoms with van der Waals surface area (Å²) in [7, 11) is 0. The van der Waals surface area contributed by atoms with E-state index < -0.39 is 29.0 Å². The Kier molecular flexibility index (Phi) is 9.36. The van der Waals surface area contributed by atoms with E-state index in [-0.39, 0.29) is 25.0 Å². The van der Waals surface area contributed by atoms with Gasteiger partial charge in [0.2, 0.25) is 5.91 Å². The number of hydroxylamine groups is 1. The minimum absolute atomic E-state index is 0.0247. The number of ether oxygens (including phenoxy) is 1. The number of hydrogen-bond donors (Lipinski definition) is 5. The minimum atomic E-state index is -1.16. The fourth-order valence-corrected chi connectivity index (χ4v) is 3.52. The van der Waals surface area contributed by atoms with Crippen LogP contribution >= 0.6 is 12.6 Å². The third kappa shape index (κ3) is 7.62. The van der Waals surface area contributed by atoms with Gasteiger partial charge in [-0.15, -0.1) is 0 Å². The molecule has 2 rings (SSSR count). The van der Waals surface area contributed by atoms with Crippen LogP contribution < -0.4 is 10.2 Å². The number of unbranched alkanes of at least 4 members (excludes halogenated alkanes) is 1. The molecular formula is C22H25NO7S. The van der Waals surface area contributed by atoms with Crippen molar-refractivity contribution < 1.29 is 34.5 Å². The van der Waals surface area contributed by atoms with E-state index in [9.17, 15) is 24.6 Å². The summed E-state index contributed by atoms with van der Waals surface area (Å²) < 4.78 is 5.74. The zero-order chi connectivity index (χ0) is 22.8. The molecule has 0 radical (unpaired) electrons. The fourth-order valence-electron chi connectivity index (χ4n) is 3.09. The van der Waals surface area contributed by atoms with Crippen LogP contribution in [0.3, 0.4) is 0 Å².